The van der Waals surface area contributed by atoms with Gasteiger partial charge in [0.2, 0.25) is 5.91 Å². The number of carbonyl (C=O) groups excluding carboxylic acids is 2. The number of benzene rings is 1. The van der Waals surface area contributed by atoms with Gasteiger partial charge >= 0.3 is 5.97 Å². The molecule has 0 heterocycles. The van der Waals surface area contributed by atoms with Crippen molar-refractivity contribution in [3.8, 4) is 0 Å². The van der Waals surface area contributed by atoms with Crippen molar-refractivity contribution in [2.24, 2.45) is 0 Å². The van der Waals surface area contributed by atoms with Gasteiger partial charge in [-0.3, -0.25) is 4.79 Å². The lowest BCUT2D eigenvalue weighted by molar-refractivity contribution is -0.116. The highest BCUT2D eigenvalue weighted by atomic mass is 16.5. The van der Waals surface area contributed by atoms with Crippen LogP contribution in [-0.4, -0.2) is 19.0 Å². The summed E-state index contributed by atoms with van der Waals surface area (Å²) in [7, 11) is 1.33. The lowest BCUT2D eigenvalue weighted by Gasteiger charge is -2.06. The fourth-order valence-corrected chi connectivity index (χ4v) is 2.92. The van der Waals surface area contributed by atoms with Gasteiger partial charge in [-0.25, -0.2) is 4.79 Å². The number of carbonyl (C=O) groups is 2. The average Bonchev–Trinajstić information content (AvgIpc) is 2.85. The summed E-state index contributed by atoms with van der Waals surface area (Å²) in [4.78, 5) is 23.6. The molecule has 4 heteroatoms. The summed E-state index contributed by atoms with van der Waals surface area (Å²) < 4.78 is 4.69. The Morgan fingerprint density at radius 2 is 1.26 bits per heavy atom. The fraction of sp³-hybridized carbons (Fsp3) is 0.333. The third-order valence-electron chi connectivity index (χ3n) is 4.70. The topological polar surface area (TPSA) is 55.4 Å². The van der Waals surface area contributed by atoms with Crippen LogP contribution in [0.2, 0.25) is 0 Å². The van der Waals surface area contributed by atoms with Crippen molar-refractivity contribution < 1.29 is 14.3 Å². The van der Waals surface area contributed by atoms with Crippen LogP contribution in [0.3, 0.4) is 0 Å². The molecule has 1 aromatic carbocycles. The molecule has 1 rings (SSSR count). The molecule has 0 aliphatic carbocycles. The molecule has 4 nitrogen and oxygen atoms in total. The zero-order valence-corrected chi connectivity index (χ0v) is 20.6. The van der Waals surface area contributed by atoms with E-state index in [1.807, 2.05) is 6.08 Å². The van der Waals surface area contributed by atoms with Gasteiger partial charge in [-0.1, -0.05) is 85.9 Å². The lowest BCUT2D eigenvalue weighted by Crippen LogP contribution is -2.11. The van der Waals surface area contributed by atoms with E-state index in [1.165, 1.54) is 7.11 Å². The van der Waals surface area contributed by atoms with E-state index in [2.05, 4.69) is 79.1 Å². The number of nitrogens with one attached hydrogen (secondary N) is 1. The molecule has 0 saturated heterocycles. The molecule has 0 fully saturated rings. The average molecular weight is 462 g/mol. The quantitative estimate of drug-likeness (QED) is 0.201. The van der Waals surface area contributed by atoms with E-state index < -0.39 is 5.97 Å². The Bertz CT molecular complexity index is 888. The summed E-state index contributed by atoms with van der Waals surface area (Å²) in [6, 6.07) is 6.73. The summed E-state index contributed by atoms with van der Waals surface area (Å²) in [5.74, 6) is -0.504. The van der Waals surface area contributed by atoms with E-state index in [1.54, 1.807) is 24.3 Å². The summed E-state index contributed by atoms with van der Waals surface area (Å²) in [6.45, 7) is 2.15. The van der Waals surface area contributed by atoms with Crippen LogP contribution in [-0.2, 0) is 9.53 Å². The highest BCUT2D eigenvalue weighted by Gasteiger charge is 2.07. The van der Waals surface area contributed by atoms with Crippen LogP contribution >= 0.6 is 0 Å². The molecular weight excluding hydrogens is 422 g/mol. The Kier molecular flexibility index (Phi) is 17.0. The molecule has 0 saturated carbocycles. The number of ether oxygens (including phenoxy) is 1. The number of methoxy groups -OCH3 is 1. The monoisotopic (exact) mass is 461 g/mol. The number of esters is 1. The van der Waals surface area contributed by atoms with Crippen LogP contribution in [0, 0.1) is 0 Å². The Balaban J connectivity index is 2.09. The van der Waals surface area contributed by atoms with Crippen LogP contribution in [0.5, 0.6) is 0 Å². The Morgan fingerprint density at radius 1 is 0.765 bits per heavy atom. The number of anilines is 1. The Morgan fingerprint density at radius 3 is 1.76 bits per heavy atom. The molecule has 0 spiro atoms. The summed E-state index contributed by atoms with van der Waals surface area (Å²) in [5.41, 5.74) is 1.01. The summed E-state index contributed by atoms with van der Waals surface area (Å²) >= 11 is 0. The number of hydrogen-bond acceptors (Lipinski definition) is 3. The first-order valence-corrected chi connectivity index (χ1v) is 12.1. The summed E-state index contributed by atoms with van der Waals surface area (Å²) in [6.07, 6.45) is 32.8. The van der Waals surface area contributed by atoms with Crippen molar-refractivity contribution in [1.82, 2.24) is 0 Å². The minimum atomic E-state index is -0.422. The van der Waals surface area contributed by atoms with E-state index in [4.69, 9.17) is 4.74 Å². The molecule has 1 amide bonds. The van der Waals surface area contributed by atoms with Gasteiger partial charge in [-0.15, -0.1) is 0 Å². The molecule has 1 N–H and O–H groups in total. The largest absolute Gasteiger partial charge is 0.465 e. The maximum atomic E-state index is 12.1. The predicted molar refractivity (Wildman–Crippen MR) is 144 cm³/mol. The molecule has 0 unspecified atom stereocenters. The molecule has 0 aliphatic rings. The van der Waals surface area contributed by atoms with Gasteiger partial charge in [0.1, 0.15) is 0 Å². The van der Waals surface area contributed by atoms with E-state index in [0.29, 0.717) is 24.1 Å². The molecule has 0 radical (unpaired) electrons. The smallest absolute Gasteiger partial charge is 0.337 e. The van der Waals surface area contributed by atoms with Crippen LogP contribution in [0.15, 0.2) is 97.2 Å². The van der Waals surface area contributed by atoms with Gasteiger partial charge in [0.25, 0.3) is 0 Å². The van der Waals surface area contributed by atoms with Gasteiger partial charge in [-0.2, -0.15) is 0 Å². The minimum Gasteiger partial charge on any atom is -0.465 e. The SMILES string of the molecule is CCC=CCC=CCC=CCC=CCC=CCC=CCCC(=O)Nc1cccc(C(=O)OC)c1. The molecule has 0 atom stereocenters. The standard InChI is InChI=1S/C30H39NO3/c1-3-4-5-6-7-8-9-10-11-12-13-14-15-16-17-18-19-20-21-25-29(32)31-28-24-22-23-27(26-28)30(33)34-2/h4-5,7-8,10-11,13-14,16-17,19-20,22-24,26H,3,6,9,12,15,18,21,25H2,1-2H3,(H,31,32). The molecular formula is C30H39NO3. The van der Waals surface area contributed by atoms with Crippen molar-refractivity contribution >= 4 is 17.6 Å². The number of hydrogen-bond donors (Lipinski definition) is 1. The zero-order chi connectivity index (χ0) is 24.7. The maximum absolute atomic E-state index is 12.1. The Hall–Kier alpha value is -3.40. The van der Waals surface area contributed by atoms with Crippen molar-refractivity contribution in [3.63, 3.8) is 0 Å². The van der Waals surface area contributed by atoms with Crippen molar-refractivity contribution in [2.45, 2.75) is 58.3 Å². The molecule has 0 aliphatic heterocycles. The van der Waals surface area contributed by atoms with Crippen molar-refractivity contribution in [2.75, 3.05) is 12.4 Å². The van der Waals surface area contributed by atoms with E-state index in [0.717, 1.165) is 38.5 Å². The van der Waals surface area contributed by atoms with Gasteiger partial charge in [0.05, 0.1) is 12.7 Å². The third kappa shape index (κ3) is 15.4. The van der Waals surface area contributed by atoms with Gasteiger partial charge in [0, 0.05) is 12.1 Å². The van der Waals surface area contributed by atoms with E-state index in [9.17, 15) is 9.59 Å². The molecule has 34 heavy (non-hydrogen) atoms. The molecule has 0 aromatic heterocycles. The highest BCUT2D eigenvalue weighted by molar-refractivity contribution is 5.94. The van der Waals surface area contributed by atoms with Gasteiger partial charge in [-0.05, 0) is 63.1 Å². The first-order valence-electron chi connectivity index (χ1n) is 12.1. The summed E-state index contributed by atoms with van der Waals surface area (Å²) in [5, 5.41) is 2.81. The van der Waals surface area contributed by atoms with Crippen LogP contribution in [0.4, 0.5) is 5.69 Å². The van der Waals surface area contributed by atoms with Crippen LogP contribution in [0.1, 0.15) is 68.6 Å². The van der Waals surface area contributed by atoms with Gasteiger partial charge < -0.3 is 10.1 Å². The van der Waals surface area contributed by atoms with E-state index >= 15 is 0 Å². The van der Waals surface area contributed by atoms with E-state index in [-0.39, 0.29) is 5.91 Å². The molecule has 182 valence electrons. The second kappa shape index (κ2) is 20.2. The van der Waals surface area contributed by atoms with Crippen molar-refractivity contribution in [1.29, 1.82) is 0 Å². The first kappa shape index (κ1) is 28.6. The third-order valence-corrected chi connectivity index (χ3v) is 4.70. The molecule has 1 aromatic rings. The zero-order valence-electron chi connectivity index (χ0n) is 20.6. The minimum absolute atomic E-state index is 0.0819. The second-order valence-corrected chi connectivity index (χ2v) is 7.57. The van der Waals surface area contributed by atoms with Crippen LogP contribution < -0.4 is 5.32 Å². The predicted octanol–water partition coefficient (Wildman–Crippen LogP) is 7.89. The van der Waals surface area contributed by atoms with Gasteiger partial charge in [0.15, 0.2) is 0 Å². The first-order chi connectivity index (χ1) is 16.7. The highest BCUT2D eigenvalue weighted by Crippen LogP contribution is 2.12. The van der Waals surface area contributed by atoms with Crippen molar-refractivity contribution in [3.05, 3.63) is 103 Å². The Labute approximate surface area is 205 Å². The van der Waals surface area contributed by atoms with Crippen LogP contribution in [0.25, 0.3) is 0 Å². The number of amides is 1. The normalized spacial score (nSPS) is 12.3. The fourth-order valence-electron chi connectivity index (χ4n) is 2.92. The second-order valence-electron chi connectivity index (χ2n) is 7.57. The maximum Gasteiger partial charge on any atom is 0.337 e. The lowest BCUT2D eigenvalue weighted by atomic mass is 10.2. The number of allylic oxidation sites excluding steroid dienone is 12. The molecule has 0 bridgehead atoms. The number of rotatable bonds is 16.